The number of rotatable bonds is 32. The number of para-hydroxylation sites is 2. The zero-order valence-electron chi connectivity index (χ0n) is 53.3. The zero-order chi connectivity index (χ0) is 61.5. The van der Waals surface area contributed by atoms with Crippen LogP contribution in [0.15, 0.2) is 133 Å². The number of nitrogens with zero attached hydrogens (tertiary/aromatic N) is 4. The van der Waals surface area contributed by atoms with Crippen molar-refractivity contribution in [2.24, 2.45) is 0 Å². The number of carbonyl (C=O) groups is 4. The second-order valence-corrected chi connectivity index (χ2v) is 26.3. The Morgan fingerprint density at radius 3 is 0.844 bits per heavy atom. The Labute approximate surface area is 531 Å². The molecule has 4 heterocycles. The first-order valence-electron chi connectivity index (χ1n) is 35.0. The van der Waals surface area contributed by atoms with E-state index in [1.165, 1.54) is 164 Å². The predicted molar refractivity (Wildman–Crippen MR) is 376 cm³/mol. The quantitative estimate of drug-likeness (QED) is 0.0180. The summed E-state index contributed by atoms with van der Waals surface area (Å²) in [7, 11) is 0. The van der Waals surface area contributed by atoms with Gasteiger partial charge < -0.3 is 0 Å². The number of aromatic nitrogens is 2. The van der Waals surface area contributed by atoms with Gasteiger partial charge in [0.2, 0.25) is 0 Å². The minimum atomic E-state index is -0.369. The van der Waals surface area contributed by atoms with Crippen LogP contribution in [-0.4, -0.2) is 33.6 Å². The van der Waals surface area contributed by atoms with Crippen LogP contribution in [0.4, 0.5) is 11.4 Å². The van der Waals surface area contributed by atoms with Crippen LogP contribution in [0.1, 0.15) is 246 Å². The van der Waals surface area contributed by atoms with Crippen molar-refractivity contribution in [2.75, 3.05) is 9.80 Å². The molecule has 0 N–H and O–H groups in total. The second kappa shape index (κ2) is 28.0. The van der Waals surface area contributed by atoms with Crippen molar-refractivity contribution in [1.29, 1.82) is 0 Å². The summed E-state index contributed by atoms with van der Waals surface area (Å²) >= 11 is 0. The molecule has 2 aromatic heterocycles. The summed E-state index contributed by atoms with van der Waals surface area (Å²) in [6.45, 7) is 4.56. The highest BCUT2D eigenvalue weighted by Crippen LogP contribution is 2.49. The number of aryl methyl sites for hydroxylation is 2. The lowest BCUT2D eigenvalue weighted by molar-refractivity contribution is 0.0878. The van der Waals surface area contributed by atoms with Gasteiger partial charge in [0.15, 0.2) is 0 Å². The van der Waals surface area contributed by atoms with Crippen molar-refractivity contribution in [3.63, 3.8) is 0 Å². The lowest BCUT2D eigenvalue weighted by Crippen LogP contribution is -2.41. The largest absolute Gasteiger partial charge is 0.268 e. The Hall–Kier alpha value is -8.10. The lowest BCUT2D eigenvalue weighted by Gasteiger charge is -2.31. The van der Waals surface area contributed by atoms with Gasteiger partial charge in [0.1, 0.15) is 0 Å². The fourth-order valence-corrected chi connectivity index (χ4v) is 15.6. The van der Waals surface area contributed by atoms with Gasteiger partial charge in [0, 0.05) is 54.6 Å². The number of amides is 4. The van der Waals surface area contributed by atoms with E-state index in [9.17, 15) is 0 Å². The first-order valence-corrected chi connectivity index (χ1v) is 35.0. The van der Waals surface area contributed by atoms with E-state index in [2.05, 4.69) is 38.1 Å². The van der Waals surface area contributed by atoms with Gasteiger partial charge in [-0.05, 0) is 118 Å². The van der Waals surface area contributed by atoms with Crippen LogP contribution in [0, 0.1) is 0 Å². The third-order valence-electron chi connectivity index (χ3n) is 20.2. The summed E-state index contributed by atoms with van der Waals surface area (Å²) in [4.78, 5) is 75.5. The summed E-state index contributed by atoms with van der Waals surface area (Å²) in [5.41, 5.74) is 8.18. The van der Waals surface area contributed by atoms with Crippen LogP contribution in [-0.2, 0) is 12.8 Å². The third kappa shape index (κ3) is 11.7. The zero-order valence-corrected chi connectivity index (χ0v) is 53.3. The van der Waals surface area contributed by atoms with Crippen LogP contribution in [0.3, 0.4) is 0 Å². The van der Waals surface area contributed by atoms with E-state index in [4.69, 9.17) is 9.97 Å². The Balaban J connectivity index is 0.776. The normalized spacial score (nSPS) is 13.5. The average Bonchev–Trinajstić information content (AvgIpc) is 0.693. The predicted octanol–water partition coefficient (Wildman–Crippen LogP) is 22.8. The number of unbranched alkanes of at least 4 members (excludes halogenated alkanes) is 26. The van der Waals surface area contributed by atoms with Crippen molar-refractivity contribution < 1.29 is 19.2 Å². The van der Waals surface area contributed by atoms with Crippen molar-refractivity contribution in [3.05, 3.63) is 167 Å². The van der Waals surface area contributed by atoms with Gasteiger partial charge >= 0.3 is 0 Å². The monoisotopic (exact) mass is 1190 g/mol. The molecule has 0 saturated heterocycles. The second-order valence-electron chi connectivity index (χ2n) is 26.3. The van der Waals surface area contributed by atoms with Gasteiger partial charge in [-0.1, -0.05) is 266 Å². The number of anilines is 2. The molecular formula is C82H88N4O4. The van der Waals surface area contributed by atoms with Crippen LogP contribution in [0.2, 0.25) is 0 Å². The fraction of sp³-hybridized carbons (Fsp3) is 0.390. The average molecular weight is 1190 g/mol. The molecule has 0 fully saturated rings. The SMILES string of the molecule is CCCCCCCCCCCCCCCCc1cccc2nc3ccccc3c(N3C(=O)c4ccc5c6ccc7c8c(ccc(c9ccc(c4c59)C3=O)c86)C(=O)N(c3c4ccccc4nc4cccc(CCCCCCCCCCCCCCCC)c34)C7=O)c12. The van der Waals surface area contributed by atoms with Crippen molar-refractivity contribution in [3.8, 4) is 0 Å². The number of benzene rings is 9. The summed E-state index contributed by atoms with van der Waals surface area (Å²) in [5.74, 6) is -1.48. The molecule has 2 aliphatic heterocycles. The molecule has 8 nitrogen and oxygen atoms in total. The first kappa shape index (κ1) is 60.8. The fourth-order valence-electron chi connectivity index (χ4n) is 15.6. The molecule has 0 bridgehead atoms. The maximum atomic E-state index is 15.6. The van der Waals surface area contributed by atoms with Crippen LogP contribution in [0.25, 0.3) is 86.7 Å². The van der Waals surface area contributed by atoms with Gasteiger partial charge in [-0.15, -0.1) is 0 Å². The minimum absolute atomic E-state index is 0.369. The smallest absolute Gasteiger partial charge is 0.266 e. The Bertz CT molecular complexity index is 4080. The first-order chi connectivity index (χ1) is 44.4. The number of carbonyl (C=O) groups excluding carboxylic acids is 4. The van der Waals surface area contributed by atoms with Gasteiger partial charge in [-0.25, -0.2) is 19.8 Å². The molecule has 0 unspecified atom stereocenters. The van der Waals surface area contributed by atoms with E-state index in [0.29, 0.717) is 44.4 Å². The van der Waals surface area contributed by atoms with E-state index in [-0.39, 0.29) is 23.6 Å². The molecule has 0 aliphatic carbocycles. The molecule has 4 amide bonds. The van der Waals surface area contributed by atoms with Crippen molar-refractivity contribution >= 4 is 122 Å². The molecule has 2 aliphatic rings. The summed E-state index contributed by atoms with van der Waals surface area (Å²) in [6.07, 6.45) is 37.7. The van der Waals surface area contributed by atoms with E-state index in [0.717, 1.165) is 126 Å². The molecular weight excluding hydrogens is 1100 g/mol. The minimum Gasteiger partial charge on any atom is -0.268 e. The summed E-state index contributed by atoms with van der Waals surface area (Å²) in [6, 6.07) is 43.7. The van der Waals surface area contributed by atoms with Crippen LogP contribution >= 0.6 is 0 Å². The van der Waals surface area contributed by atoms with Crippen molar-refractivity contribution in [1.82, 2.24) is 9.97 Å². The molecule has 8 heteroatoms. The highest BCUT2D eigenvalue weighted by Gasteiger charge is 2.40. The number of imide groups is 2. The van der Waals surface area contributed by atoms with E-state index < -0.39 is 0 Å². The molecule has 0 atom stereocenters. The Kier molecular flexibility index (Phi) is 18.9. The van der Waals surface area contributed by atoms with Crippen LogP contribution < -0.4 is 9.80 Å². The van der Waals surface area contributed by atoms with Gasteiger partial charge in [0.05, 0.1) is 33.4 Å². The van der Waals surface area contributed by atoms with Gasteiger partial charge in [-0.3, -0.25) is 19.2 Å². The lowest BCUT2D eigenvalue weighted by atomic mass is 9.82. The Morgan fingerprint density at radius 1 is 0.256 bits per heavy atom. The highest BCUT2D eigenvalue weighted by molar-refractivity contribution is 6.47. The van der Waals surface area contributed by atoms with Crippen LogP contribution in [0.5, 0.6) is 0 Å². The number of fused-ring (bicyclic) bond motifs is 6. The number of hydrogen-bond donors (Lipinski definition) is 0. The molecule has 460 valence electrons. The van der Waals surface area contributed by atoms with E-state index in [1.54, 1.807) is 0 Å². The van der Waals surface area contributed by atoms with Gasteiger partial charge in [0.25, 0.3) is 23.6 Å². The summed E-state index contributed by atoms with van der Waals surface area (Å²) in [5, 5.41) is 9.53. The summed E-state index contributed by atoms with van der Waals surface area (Å²) < 4.78 is 0. The van der Waals surface area contributed by atoms with E-state index in [1.807, 2.05) is 109 Å². The van der Waals surface area contributed by atoms with Crippen molar-refractivity contribution in [2.45, 2.75) is 206 Å². The van der Waals surface area contributed by atoms with E-state index >= 15 is 19.2 Å². The molecule has 11 aromatic rings. The molecule has 13 rings (SSSR count). The molecule has 0 spiro atoms. The maximum absolute atomic E-state index is 15.6. The molecule has 0 saturated carbocycles. The molecule has 0 radical (unpaired) electrons. The number of pyridine rings is 2. The Morgan fingerprint density at radius 2 is 0.533 bits per heavy atom. The highest BCUT2D eigenvalue weighted by atomic mass is 16.2. The standard InChI is InChI=1S/C82H88N4O4/c1-3-5-7-9-11-13-15-17-19-21-23-25-27-29-37-55-39-35-45-69-71(55)77(61-41-31-33-43-67(61)83-69)85-79(87)63-51-47-57-59-49-53-65-76-66(54-50-60(74(59)76)58-48-52-64(80(85)88)75(63)73(57)58)82(90)86(81(65)89)78-62-42-32-34-44-68(62)84-70-46-36-40-56(72(70)78)38-30-28-26-24-22-20-18-16-14-12-10-8-6-4-2/h31-36,39-54H,3-30,37-38H2,1-2H3. The molecule has 90 heavy (non-hydrogen) atoms. The maximum Gasteiger partial charge on any atom is 0.266 e. The van der Waals surface area contributed by atoms with Gasteiger partial charge in [-0.2, -0.15) is 0 Å². The topological polar surface area (TPSA) is 101 Å². The third-order valence-corrected chi connectivity index (χ3v) is 20.2. The number of hydrogen-bond acceptors (Lipinski definition) is 6. The molecule has 9 aromatic carbocycles.